The van der Waals surface area contributed by atoms with Gasteiger partial charge in [-0.05, 0) is 31.4 Å². The molecule has 5 rings (SSSR count). The van der Waals surface area contributed by atoms with Gasteiger partial charge in [0.15, 0.2) is 5.60 Å². The SMILES string of the molecule is O=C1C=C2C[C@@H]3[C@@H](O)C[C@@]2(O1)[C@@H]1CCCCN31. The van der Waals surface area contributed by atoms with Crippen molar-refractivity contribution in [2.45, 2.75) is 55.9 Å². The number of aliphatic hydroxyl groups is 1. The number of nitrogens with zero attached hydrogens (tertiary/aromatic N) is 1. The van der Waals surface area contributed by atoms with Crippen molar-refractivity contribution in [2.75, 3.05) is 6.54 Å². The van der Waals surface area contributed by atoms with E-state index >= 15 is 0 Å². The molecule has 0 aromatic rings. The van der Waals surface area contributed by atoms with Gasteiger partial charge in [-0.3, -0.25) is 4.90 Å². The van der Waals surface area contributed by atoms with E-state index in [2.05, 4.69) is 4.90 Å². The zero-order chi connectivity index (χ0) is 11.6. The van der Waals surface area contributed by atoms with E-state index in [1.54, 1.807) is 6.08 Å². The van der Waals surface area contributed by atoms with Crippen LogP contribution in [-0.2, 0) is 9.53 Å². The molecule has 4 nitrogen and oxygen atoms in total. The molecule has 0 radical (unpaired) electrons. The molecule has 4 aliphatic heterocycles. The lowest BCUT2D eigenvalue weighted by molar-refractivity contribution is -0.188. The number of hydrogen-bond acceptors (Lipinski definition) is 4. The van der Waals surface area contributed by atoms with Crippen LogP contribution in [0, 0.1) is 0 Å². The molecule has 4 heteroatoms. The van der Waals surface area contributed by atoms with Gasteiger partial charge in [0, 0.05) is 18.5 Å². The second-order valence-corrected chi connectivity index (χ2v) is 5.77. The van der Waals surface area contributed by atoms with Crippen LogP contribution in [0.4, 0.5) is 0 Å². The maximum absolute atomic E-state index is 11.6. The van der Waals surface area contributed by atoms with E-state index in [4.69, 9.17) is 4.74 Å². The highest BCUT2D eigenvalue weighted by atomic mass is 16.6. The molecule has 17 heavy (non-hydrogen) atoms. The van der Waals surface area contributed by atoms with Gasteiger partial charge < -0.3 is 9.84 Å². The Labute approximate surface area is 100 Å². The van der Waals surface area contributed by atoms with Gasteiger partial charge in [0.05, 0.1) is 12.1 Å². The van der Waals surface area contributed by atoms with Crippen LogP contribution < -0.4 is 0 Å². The number of aliphatic hydroxyl groups excluding tert-OH is 1. The molecule has 0 amide bonds. The second-order valence-electron chi connectivity index (χ2n) is 5.77. The molecule has 0 unspecified atom stereocenters. The van der Waals surface area contributed by atoms with Gasteiger partial charge >= 0.3 is 5.97 Å². The molecular formula is C13H17NO3. The van der Waals surface area contributed by atoms with Crippen molar-refractivity contribution in [1.82, 2.24) is 4.90 Å². The lowest BCUT2D eigenvalue weighted by atomic mass is 9.64. The van der Waals surface area contributed by atoms with Crippen molar-refractivity contribution in [1.29, 1.82) is 0 Å². The second kappa shape index (κ2) is 3.12. The third-order valence-corrected chi connectivity index (χ3v) is 5.01. The summed E-state index contributed by atoms with van der Waals surface area (Å²) in [6, 6.07) is 0.527. The Hall–Kier alpha value is -0.870. The number of carbonyl (C=O) groups excluding carboxylic acids is 1. The number of rotatable bonds is 0. The fourth-order valence-corrected chi connectivity index (χ4v) is 4.36. The zero-order valence-electron chi connectivity index (χ0n) is 9.76. The molecule has 5 aliphatic rings. The molecule has 1 N–H and O–H groups in total. The Kier molecular flexibility index (Phi) is 1.85. The van der Waals surface area contributed by atoms with Gasteiger partial charge in [-0.1, -0.05) is 6.42 Å². The fourth-order valence-electron chi connectivity index (χ4n) is 4.36. The minimum Gasteiger partial charge on any atom is -0.450 e. The molecule has 1 saturated carbocycles. The summed E-state index contributed by atoms with van der Waals surface area (Å²) in [4.78, 5) is 14.0. The fraction of sp³-hybridized carbons (Fsp3) is 0.769. The predicted molar refractivity (Wildman–Crippen MR) is 60.3 cm³/mol. The number of hydrogen-bond donors (Lipinski definition) is 1. The van der Waals surface area contributed by atoms with Crippen LogP contribution in [-0.4, -0.2) is 46.3 Å². The first-order valence-electron chi connectivity index (χ1n) is 6.58. The predicted octanol–water partition coefficient (Wildman–Crippen LogP) is 0.600. The summed E-state index contributed by atoms with van der Waals surface area (Å²) in [6.07, 6.45) is 6.24. The average Bonchev–Trinajstić information content (AvgIpc) is 2.64. The third-order valence-electron chi connectivity index (χ3n) is 5.01. The standard InChI is InChI=1S/C13H17NO3/c15-10-7-13-8(6-12(16)17-13)5-9(10)14-4-2-1-3-11(13)14/h6,9-11,15H,1-5,7H2/t9-,10+,11+,13+/m1/s1. The minimum absolute atomic E-state index is 0.208. The number of carbonyl (C=O) groups is 1. The Morgan fingerprint density at radius 2 is 2.35 bits per heavy atom. The van der Waals surface area contributed by atoms with Gasteiger partial charge in [-0.2, -0.15) is 0 Å². The minimum atomic E-state index is -0.480. The first kappa shape index (κ1) is 10.1. The summed E-state index contributed by atoms with van der Waals surface area (Å²) in [5, 5.41) is 10.2. The van der Waals surface area contributed by atoms with E-state index in [9.17, 15) is 9.90 Å². The molecule has 4 heterocycles. The summed E-state index contributed by atoms with van der Waals surface area (Å²) in [5.41, 5.74) is 0.659. The van der Waals surface area contributed by atoms with Crippen molar-refractivity contribution in [3.8, 4) is 0 Å². The molecular weight excluding hydrogens is 218 g/mol. The molecule has 92 valence electrons. The summed E-state index contributed by atoms with van der Waals surface area (Å²) in [7, 11) is 0. The van der Waals surface area contributed by atoms with E-state index in [1.165, 1.54) is 12.8 Å². The highest BCUT2D eigenvalue weighted by Gasteiger charge is 2.62. The largest absolute Gasteiger partial charge is 0.450 e. The molecule has 2 bridgehead atoms. The Morgan fingerprint density at radius 3 is 3.24 bits per heavy atom. The van der Waals surface area contributed by atoms with Crippen LogP contribution in [0.2, 0.25) is 0 Å². The van der Waals surface area contributed by atoms with E-state index in [-0.39, 0.29) is 18.1 Å². The van der Waals surface area contributed by atoms with Crippen LogP contribution in [0.25, 0.3) is 0 Å². The van der Waals surface area contributed by atoms with Gasteiger partial charge in [0.25, 0.3) is 0 Å². The monoisotopic (exact) mass is 235 g/mol. The van der Waals surface area contributed by atoms with Crippen LogP contribution in [0.3, 0.4) is 0 Å². The highest BCUT2D eigenvalue weighted by Crippen LogP contribution is 2.53. The number of esters is 1. The van der Waals surface area contributed by atoms with Gasteiger partial charge in [-0.15, -0.1) is 0 Å². The quantitative estimate of drug-likeness (QED) is 0.625. The van der Waals surface area contributed by atoms with Crippen molar-refractivity contribution in [3.05, 3.63) is 11.6 Å². The lowest BCUT2D eigenvalue weighted by Gasteiger charge is -2.60. The third kappa shape index (κ3) is 1.13. The highest BCUT2D eigenvalue weighted by molar-refractivity contribution is 5.87. The summed E-state index contributed by atoms with van der Waals surface area (Å²) in [6.45, 7) is 1.04. The van der Waals surface area contributed by atoms with Crippen LogP contribution in [0.5, 0.6) is 0 Å². The Morgan fingerprint density at radius 1 is 1.47 bits per heavy atom. The molecule has 3 saturated heterocycles. The van der Waals surface area contributed by atoms with Gasteiger partial charge in [0.1, 0.15) is 0 Å². The van der Waals surface area contributed by atoms with Crippen LogP contribution >= 0.6 is 0 Å². The van der Waals surface area contributed by atoms with Crippen molar-refractivity contribution < 1.29 is 14.6 Å². The first-order valence-corrected chi connectivity index (χ1v) is 6.58. The summed E-state index contributed by atoms with van der Waals surface area (Å²) < 4.78 is 5.65. The van der Waals surface area contributed by atoms with Gasteiger partial charge in [-0.25, -0.2) is 4.79 Å². The maximum atomic E-state index is 11.6. The molecule has 1 spiro atoms. The van der Waals surface area contributed by atoms with Crippen molar-refractivity contribution >= 4 is 5.97 Å². The van der Waals surface area contributed by atoms with Crippen LogP contribution in [0.15, 0.2) is 11.6 Å². The van der Waals surface area contributed by atoms with Crippen molar-refractivity contribution in [3.63, 3.8) is 0 Å². The molecule has 0 aromatic carbocycles. The maximum Gasteiger partial charge on any atom is 0.331 e. The van der Waals surface area contributed by atoms with E-state index in [0.717, 1.165) is 25.0 Å². The first-order chi connectivity index (χ1) is 8.21. The molecule has 4 atom stereocenters. The summed E-state index contributed by atoms with van der Waals surface area (Å²) in [5.74, 6) is -0.208. The Balaban J connectivity index is 1.82. The van der Waals surface area contributed by atoms with Crippen molar-refractivity contribution in [2.24, 2.45) is 0 Å². The summed E-state index contributed by atoms with van der Waals surface area (Å²) >= 11 is 0. The number of ether oxygens (including phenoxy) is 1. The smallest absolute Gasteiger partial charge is 0.331 e. The molecule has 0 aromatic heterocycles. The topological polar surface area (TPSA) is 49.8 Å². The Bertz CT molecular complexity index is 419. The van der Waals surface area contributed by atoms with Gasteiger partial charge in [0.2, 0.25) is 0 Å². The molecule has 1 aliphatic carbocycles. The van der Waals surface area contributed by atoms with E-state index in [1.807, 2.05) is 0 Å². The number of piperidine rings is 3. The molecule has 4 fully saturated rings. The van der Waals surface area contributed by atoms with Crippen LogP contribution in [0.1, 0.15) is 32.1 Å². The lowest BCUT2D eigenvalue weighted by Crippen LogP contribution is -2.71. The number of fused-ring (bicyclic) bond motifs is 1. The normalized spacial score (nSPS) is 48.4. The zero-order valence-corrected chi connectivity index (χ0v) is 9.76. The van der Waals surface area contributed by atoms with E-state index in [0.29, 0.717) is 12.5 Å². The average molecular weight is 235 g/mol. The van der Waals surface area contributed by atoms with E-state index < -0.39 is 5.60 Å².